The molecule has 26 heavy (non-hydrogen) atoms. The van der Waals surface area contributed by atoms with Crippen LogP contribution >= 0.6 is 0 Å². The highest BCUT2D eigenvalue weighted by atomic mass is 19.4. The molecule has 0 aliphatic carbocycles. The second-order valence-electron chi connectivity index (χ2n) is 4.83. The molecule has 1 N–H and O–H groups in total. The van der Waals surface area contributed by atoms with Gasteiger partial charge in [0.05, 0.1) is 10.5 Å². The van der Waals surface area contributed by atoms with Crippen molar-refractivity contribution in [2.24, 2.45) is 0 Å². The Morgan fingerprint density at radius 2 is 1.96 bits per heavy atom. The topological polar surface area (TPSA) is 111 Å². The van der Waals surface area contributed by atoms with E-state index in [1.165, 1.54) is 18.3 Å². The molecule has 0 saturated heterocycles. The highest BCUT2D eigenvalue weighted by Gasteiger charge is 2.33. The summed E-state index contributed by atoms with van der Waals surface area (Å²) in [5.74, 6) is -1.86. The Kier molecular flexibility index (Phi) is 5.50. The van der Waals surface area contributed by atoms with Crippen LogP contribution in [0.15, 0.2) is 42.6 Å². The Morgan fingerprint density at radius 3 is 2.54 bits per heavy atom. The van der Waals surface area contributed by atoms with E-state index in [0.29, 0.717) is 12.1 Å². The fourth-order valence-electron chi connectivity index (χ4n) is 1.84. The first-order valence-corrected chi connectivity index (χ1v) is 6.92. The van der Waals surface area contributed by atoms with Crippen molar-refractivity contribution in [2.45, 2.75) is 6.18 Å². The molecule has 1 heterocycles. The number of ether oxygens (including phenoxy) is 1. The highest BCUT2D eigenvalue weighted by molar-refractivity contribution is 5.96. The van der Waals surface area contributed by atoms with Crippen LogP contribution in [0, 0.1) is 10.1 Å². The number of esters is 1. The van der Waals surface area contributed by atoms with Gasteiger partial charge in [-0.05, 0) is 24.3 Å². The Bertz CT molecular complexity index is 840. The Labute approximate surface area is 143 Å². The van der Waals surface area contributed by atoms with Crippen molar-refractivity contribution in [3.05, 3.63) is 64.0 Å². The number of rotatable bonds is 5. The number of benzene rings is 1. The minimum Gasteiger partial charge on any atom is -0.451 e. The third-order valence-corrected chi connectivity index (χ3v) is 3.00. The molecular weight excluding hydrogens is 359 g/mol. The monoisotopic (exact) mass is 369 g/mol. The zero-order valence-corrected chi connectivity index (χ0v) is 12.8. The quantitative estimate of drug-likeness (QED) is 0.493. The van der Waals surface area contributed by atoms with Crippen LogP contribution in [0.3, 0.4) is 0 Å². The van der Waals surface area contributed by atoms with Gasteiger partial charge in [0.1, 0.15) is 11.4 Å². The number of alkyl halides is 3. The zero-order chi connectivity index (χ0) is 19.3. The van der Waals surface area contributed by atoms with E-state index >= 15 is 0 Å². The van der Waals surface area contributed by atoms with Crippen LogP contribution in [0.4, 0.5) is 24.5 Å². The summed E-state index contributed by atoms with van der Waals surface area (Å²) in [5, 5.41) is 13.0. The van der Waals surface area contributed by atoms with Crippen LogP contribution in [0.2, 0.25) is 0 Å². The Balaban J connectivity index is 2.06. The molecule has 136 valence electrons. The molecule has 2 rings (SSSR count). The number of carbonyl (C=O) groups is 2. The van der Waals surface area contributed by atoms with Crippen molar-refractivity contribution in [1.29, 1.82) is 0 Å². The average molecular weight is 369 g/mol. The van der Waals surface area contributed by atoms with Crippen LogP contribution in [-0.2, 0) is 15.7 Å². The molecule has 0 radical (unpaired) electrons. The van der Waals surface area contributed by atoms with E-state index in [9.17, 15) is 32.9 Å². The van der Waals surface area contributed by atoms with Crippen molar-refractivity contribution < 1.29 is 32.4 Å². The first-order valence-electron chi connectivity index (χ1n) is 6.92. The number of halogens is 3. The molecule has 8 nitrogen and oxygen atoms in total. The molecule has 1 aromatic carbocycles. The summed E-state index contributed by atoms with van der Waals surface area (Å²) in [6.07, 6.45) is -3.44. The first kappa shape index (κ1) is 18.8. The minimum absolute atomic E-state index is 0.0548. The number of carbonyl (C=O) groups excluding carboxylic acids is 2. The lowest BCUT2D eigenvalue weighted by Gasteiger charge is -2.10. The fraction of sp³-hybridized carbons (Fsp3) is 0.133. The van der Waals surface area contributed by atoms with Crippen LogP contribution < -0.4 is 5.32 Å². The molecular formula is C15H10F3N3O5. The standard InChI is InChI=1S/C15H10F3N3O5/c16-15(17,18)9-4-5-10(12(7-9)21(24)25)20-13(22)8-26-14(23)11-3-1-2-6-19-11/h1-7H,8H2,(H,20,22). The summed E-state index contributed by atoms with van der Waals surface area (Å²) in [6, 6.07) is 6.07. The second-order valence-corrected chi connectivity index (χ2v) is 4.83. The molecule has 2 aromatic rings. The lowest BCUT2D eigenvalue weighted by molar-refractivity contribution is -0.384. The number of hydrogen-bond donors (Lipinski definition) is 1. The molecule has 0 aliphatic rings. The number of nitrogens with zero attached hydrogens (tertiary/aromatic N) is 2. The number of hydrogen-bond acceptors (Lipinski definition) is 6. The smallest absolute Gasteiger partial charge is 0.416 e. The molecule has 0 atom stereocenters. The van der Waals surface area contributed by atoms with E-state index in [4.69, 9.17) is 0 Å². The second kappa shape index (κ2) is 7.59. The Hall–Kier alpha value is -3.50. The zero-order valence-electron chi connectivity index (χ0n) is 12.8. The predicted molar refractivity (Wildman–Crippen MR) is 81.2 cm³/mol. The molecule has 1 amide bonds. The van der Waals surface area contributed by atoms with E-state index in [1.54, 1.807) is 6.07 Å². The van der Waals surface area contributed by atoms with Gasteiger partial charge in [-0.15, -0.1) is 0 Å². The molecule has 0 fully saturated rings. The van der Waals surface area contributed by atoms with E-state index in [-0.39, 0.29) is 5.69 Å². The number of nitrogens with one attached hydrogen (secondary N) is 1. The molecule has 1 aromatic heterocycles. The summed E-state index contributed by atoms with van der Waals surface area (Å²) in [6.45, 7) is -0.798. The number of nitro groups is 1. The van der Waals surface area contributed by atoms with Gasteiger partial charge in [-0.3, -0.25) is 14.9 Å². The summed E-state index contributed by atoms with van der Waals surface area (Å²) >= 11 is 0. The normalized spacial score (nSPS) is 10.9. The van der Waals surface area contributed by atoms with Gasteiger partial charge in [-0.25, -0.2) is 9.78 Å². The molecule has 11 heteroatoms. The van der Waals surface area contributed by atoms with Gasteiger partial charge < -0.3 is 10.1 Å². The summed E-state index contributed by atoms with van der Waals surface area (Å²) in [5.41, 5.74) is -2.68. The van der Waals surface area contributed by atoms with Crippen LogP contribution in [-0.4, -0.2) is 28.4 Å². The van der Waals surface area contributed by atoms with Gasteiger partial charge in [0, 0.05) is 12.3 Å². The highest BCUT2D eigenvalue weighted by Crippen LogP contribution is 2.34. The van der Waals surface area contributed by atoms with Crippen LogP contribution in [0.5, 0.6) is 0 Å². The molecule has 0 saturated carbocycles. The van der Waals surface area contributed by atoms with Crippen molar-refractivity contribution in [1.82, 2.24) is 4.98 Å². The van der Waals surface area contributed by atoms with Gasteiger partial charge >= 0.3 is 12.1 Å². The van der Waals surface area contributed by atoms with Gasteiger partial charge in [0.25, 0.3) is 11.6 Å². The molecule has 0 bridgehead atoms. The van der Waals surface area contributed by atoms with Crippen molar-refractivity contribution in [2.75, 3.05) is 11.9 Å². The van der Waals surface area contributed by atoms with Crippen molar-refractivity contribution in [3.8, 4) is 0 Å². The molecule has 0 aliphatic heterocycles. The average Bonchev–Trinajstić information content (AvgIpc) is 2.59. The van der Waals surface area contributed by atoms with Crippen LogP contribution in [0.25, 0.3) is 0 Å². The number of pyridine rings is 1. The van der Waals surface area contributed by atoms with Crippen molar-refractivity contribution >= 4 is 23.3 Å². The third kappa shape index (κ3) is 4.75. The third-order valence-electron chi connectivity index (χ3n) is 3.00. The maximum Gasteiger partial charge on any atom is 0.416 e. The lowest BCUT2D eigenvalue weighted by atomic mass is 10.1. The van der Waals surface area contributed by atoms with E-state index < -0.39 is 46.5 Å². The van der Waals surface area contributed by atoms with Crippen molar-refractivity contribution in [3.63, 3.8) is 0 Å². The van der Waals surface area contributed by atoms with Gasteiger partial charge in [0.2, 0.25) is 0 Å². The van der Waals surface area contributed by atoms with E-state index in [1.807, 2.05) is 5.32 Å². The van der Waals surface area contributed by atoms with E-state index in [2.05, 4.69) is 9.72 Å². The SMILES string of the molecule is O=C(COC(=O)c1ccccn1)Nc1ccc(C(F)(F)F)cc1[N+](=O)[O-]. The molecule has 0 spiro atoms. The predicted octanol–water partition coefficient (Wildman–Crippen LogP) is 2.80. The maximum absolute atomic E-state index is 12.6. The number of amides is 1. The summed E-state index contributed by atoms with van der Waals surface area (Å²) < 4.78 is 42.5. The first-order chi connectivity index (χ1) is 12.2. The van der Waals surface area contributed by atoms with Gasteiger partial charge in [0.15, 0.2) is 6.61 Å². The largest absolute Gasteiger partial charge is 0.451 e. The fourth-order valence-corrected chi connectivity index (χ4v) is 1.84. The van der Waals surface area contributed by atoms with Crippen LogP contribution in [0.1, 0.15) is 16.1 Å². The lowest BCUT2D eigenvalue weighted by Crippen LogP contribution is -2.22. The van der Waals surface area contributed by atoms with Gasteiger partial charge in [-0.1, -0.05) is 6.07 Å². The van der Waals surface area contributed by atoms with Gasteiger partial charge in [-0.2, -0.15) is 13.2 Å². The molecule has 0 unspecified atom stereocenters. The summed E-state index contributed by atoms with van der Waals surface area (Å²) in [4.78, 5) is 37.0. The number of anilines is 1. The summed E-state index contributed by atoms with van der Waals surface area (Å²) in [7, 11) is 0. The Morgan fingerprint density at radius 1 is 1.23 bits per heavy atom. The number of nitro benzene ring substituents is 1. The van der Waals surface area contributed by atoms with E-state index in [0.717, 1.165) is 6.07 Å². The minimum atomic E-state index is -4.77. The maximum atomic E-state index is 12.6. The number of aromatic nitrogens is 1.